The molecule has 0 saturated carbocycles. The van der Waals surface area contributed by atoms with Gasteiger partial charge in [0, 0.05) is 10.6 Å². The molecule has 0 N–H and O–H groups in total. The Morgan fingerprint density at radius 3 is 2.59 bits per heavy atom. The number of carbonyl (C=O) groups excluding carboxylic acids is 2. The van der Waals surface area contributed by atoms with E-state index in [1.807, 2.05) is 18.2 Å². The number of fused-ring (bicyclic) bond motifs is 1. The standard InChI is InChI=1S/C28H25ClN4O5S/c1-5-38-27(36)23-16(3)30-28-32(24(23)20-13-17(29)11-12-21(20)37-4)26(35)22(39-28)14-19-15(2)31-33(25(19)34)18-9-7-6-8-10-18/h6-14,19,24H,5H2,1-4H3/b22-14-/t19-,24+/m0/s1. The highest BCUT2D eigenvalue weighted by molar-refractivity contribution is 7.07. The van der Waals surface area contributed by atoms with E-state index in [0.717, 1.165) is 11.3 Å². The van der Waals surface area contributed by atoms with Crippen LogP contribution in [-0.2, 0) is 14.3 Å². The lowest BCUT2D eigenvalue weighted by Crippen LogP contribution is -2.40. The maximum absolute atomic E-state index is 13.9. The molecule has 2 aliphatic heterocycles. The Morgan fingerprint density at radius 1 is 1.15 bits per heavy atom. The molecular weight excluding hydrogens is 540 g/mol. The van der Waals surface area contributed by atoms with Crippen LogP contribution in [0, 0.1) is 5.92 Å². The summed E-state index contributed by atoms with van der Waals surface area (Å²) in [6, 6.07) is 13.2. The van der Waals surface area contributed by atoms with Gasteiger partial charge in [-0.25, -0.2) is 9.79 Å². The van der Waals surface area contributed by atoms with Crippen molar-refractivity contribution in [3.8, 4) is 5.75 Å². The number of anilines is 1. The molecule has 0 bridgehead atoms. The first-order valence-corrected chi connectivity index (χ1v) is 13.4. The minimum Gasteiger partial charge on any atom is -0.496 e. The van der Waals surface area contributed by atoms with E-state index in [-0.39, 0.29) is 18.1 Å². The van der Waals surface area contributed by atoms with Crippen LogP contribution in [0.1, 0.15) is 32.4 Å². The summed E-state index contributed by atoms with van der Waals surface area (Å²) < 4.78 is 12.7. The normalized spacial score (nSPS) is 19.1. The van der Waals surface area contributed by atoms with E-state index in [9.17, 15) is 14.4 Å². The largest absolute Gasteiger partial charge is 0.496 e. The van der Waals surface area contributed by atoms with Gasteiger partial charge in [0.05, 0.1) is 40.9 Å². The van der Waals surface area contributed by atoms with Crippen LogP contribution in [0.4, 0.5) is 5.69 Å². The van der Waals surface area contributed by atoms with Crippen molar-refractivity contribution >= 4 is 52.3 Å². The lowest BCUT2D eigenvalue weighted by atomic mass is 9.95. The van der Waals surface area contributed by atoms with Crippen molar-refractivity contribution < 1.29 is 19.1 Å². The molecule has 200 valence electrons. The molecule has 39 heavy (non-hydrogen) atoms. The van der Waals surface area contributed by atoms with E-state index < -0.39 is 23.5 Å². The van der Waals surface area contributed by atoms with Gasteiger partial charge >= 0.3 is 5.97 Å². The van der Waals surface area contributed by atoms with Crippen molar-refractivity contribution in [3.05, 3.63) is 90.1 Å². The van der Waals surface area contributed by atoms with Gasteiger partial charge in [0.2, 0.25) is 0 Å². The number of allylic oxidation sites excluding steroid dienone is 1. The van der Waals surface area contributed by atoms with Crippen LogP contribution >= 0.6 is 22.9 Å². The Balaban J connectivity index is 1.67. The van der Waals surface area contributed by atoms with E-state index in [2.05, 4.69) is 10.1 Å². The molecule has 3 heterocycles. The minimum absolute atomic E-state index is 0.153. The SMILES string of the molecule is CCOC(=O)C1=C(C)N=c2s/c(=C\[C@@H]3C(=O)N(c4ccccc4)N=C3C)c(=O)n2[C@@H]1c1cc(Cl)ccc1OC. The van der Waals surface area contributed by atoms with Gasteiger partial charge in [0.15, 0.2) is 4.80 Å². The summed E-state index contributed by atoms with van der Waals surface area (Å²) in [5.74, 6) is -1.13. The molecule has 3 aromatic rings. The van der Waals surface area contributed by atoms with E-state index in [1.165, 1.54) is 16.7 Å². The van der Waals surface area contributed by atoms with E-state index in [1.54, 1.807) is 57.2 Å². The molecule has 0 unspecified atom stereocenters. The third kappa shape index (κ3) is 4.70. The van der Waals surface area contributed by atoms with E-state index >= 15 is 0 Å². The number of benzene rings is 2. The number of halogens is 1. The van der Waals surface area contributed by atoms with Crippen LogP contribution in [0.5, 0.6) is 5.75 Å². The van der Waals surface area contributed by atoms with Crippen molar-refractivity contribution in [2.45, 2.75) is 26.8 Å². The molecule has 0 radical (unpaired) electrons. The smallest absolute Gasteiger partial charge is 0.338 e. The fraction of sp³-hybridized carbons (Fsp3) is 0.250. The highest BCUT2D eigenvalue weighted by Crippen LogP contribution is 2.37. The molecule has 9 nitrogen and oxygen atoms in total. The maximum Gasteiger partial charge on any atom is 0.338 e. The Kier molecular flexibility index (Phi) is 7.24. The molecule has 11 heteroatoms. The Hall–Kier alpha value is -4.02. The minimum atomic E-state index is -0.897. The Bertz CT molecular complexity index is 1720. The summed E-state index contributed by atoms with van der Waals surface area (Å²) in [6.45, 7) is 5.31. The van der Waals surface area contributed by atoms with Crippen molar-refractivity contribution in [1.82, 2.24) is 4.57 Å². The molecule has 0 spiro atoms. The van der Waals surface area contributed by atoms with Gasteiger partial charge in [-0.2, -0.15) is 10.1 Å². The van der Waals surface area contributed by atoms with Gasteiger partial charge in [-0.05, 0) is 57.2 Å². The second-order valence-electron chi connectivity index (χ2n) is 8.92. The first-order valence-electron chi connectivity index (χ1n) is 12.2. The van der Waals surface area contributed by atoms with E-state index in [4.69, 9.17) is 21.1 Å². The van der Waals surface area contributed by atoms with Crippen molar-refractivity contribution in [2.24, 2.45) is 16.0 Å². The van der Waals surface area contributed by atoms with Crippen molar-refractivity contribution in [3.63, 3.8) is 0 Å². The van der Waals surface area contributed by atoms with Crippen molar-refractivity contribution in [2.75, 3.05) is 18.7 Å². The lowest BCUT2D eigenvalue weighted by Gasteiger charge is -2.26. The van der Waals surface area contributed by atoms with E-state index in [0.29, 0.717) is 42.8 Å². The van der Waals surface area contributed by atoms with Crippen molar-refractivity contribution in [1.29, 1.82) is 0 Å². The number of para-hydroxylation sites is 1. The predicted molar refractivity (Wildman–Crippen MR) is 150 cm³/mol. The van der Waals surface area contributed by atoms with Gasteiger partial charge in [0.1, 0.15) is 17.7 Å². The number of thiazole rings is 1. The van der Waals surface area contributed by atoms with Gasteiger partial charge in [0.25, 0.3) is 11.5 Å². The molecule has 5 rings (SSSR count). The summed E-state index contributed by atoms with van der Waals surface area (Å²) in [4.78, 5) is 45.3. The quantitative estimate of drug-likeness (QED) is 0.427. The second-order valence-corrected chi connectivity index (χ2v) is 10.4. The molecule has 2 aromatic carbocycles. The first-order chi connectivity index (χ1) is 18.7. The number of hydrogen-bond acceptors (Lipinski definition) is 8. The molecular formula is C28H25ClN4O5S. The van der Waals surface area contributed by atoms with Crippen LogP contribution in [0.2, 0.25) is 5.02 Å². The Morgan fingerprint density at radius 2 is 1.90 bits per heavy atom. The topological polar surface area (TPSA) is 103 Å². The van der Waals surface area contributed by atoms with Crippen LogP contribution < -0.4 is 24.6 Å². The molecule has 2 atom stereocenters. The molecule has 1 aromatic heterocycles. The number of rotatable bonds is 6. The number of nitrogens with zero attached hydrogens (tertiary/aromatic N) is 4. The second kappa shape index (κ2) is 10.6. The zero-order chi connectivity index (χ0) is 27.8. The zero-order valence-corrected chi connectivity index (χ0v) is 23.2. The molecule has 1 amide bonds. The Labute approximate surface area is 233 Å². The molecule has 2 aliphatic rings. The summed E-state index contributed by atoms with van der Waals surface area (Å²) >= 11 is 7.48. The fourth-order valence-corrected chi connectivity index (χ4v) is 5.93. The number of esters is 1. The number of ether oxygens (including phenoxy) is 2. The number of amides is 1. The number of aromatic nitrogens is 1. The number of hydrogen-bond donors (Lipinski definition) is 0. The highest BCUT2D eigenvalue weighted by atomic mass is 35.5. The van der Waals surface area contributed by atoms with Crippen LogP contribution in [-0.4, -0.2) is 35.9 Å². The first kappa shape index (κ1) is 26.6. The lowest BCUT2D eigenvalue weighted by molar-refractivity contribution is -0.139. The third-order valence-electron chi connectivity index (χ3n) is 6.50. The van der Waals surface area contributed by atoms with Gasteiger partial charge in [-0.15, -0.1) is 0 Å². The average Bonchev–Trinajstić information content (AvgIpc) is 3.38. The van der Waals surface area contributed by atoms with Gasteiger partial charge < -0.3 is 9.47 Å². The summed E-state index contributed by atoms with van der Waals surface area (Å²) in [6.07, 6.45) is 1.61. The summed E-state index contributed by atoms with van der Waals surface area (Å²) in [5, 5.41) is 6.19. The van der Waals surface area contributed by atoms with Crippen LogP contribution in [0.15, 0.2) is 74.7 Å². The average molecular weight is 565 g/mol. The van der Waals surface area contributed by atoms with Gasteiger partial charge in [-0.3, -0.25) is 14.2 Å². The molecule has 0 saturated heterocycles. The molecule has 0 fully saturated rings. The molecule has 0 aliphatic carbocycles. The fourth-order valence-electron chi connectivity index (χ4n) is 4.70. The van der Waals surface area contributed by atoms with Crippen LogP contribution in [0.3, 0.4) is 0 Å². The number of carbonyl (C=O) groups is 2. The van der Waals surface area contributed by atoms with Crippen LogP contribution in [0.25, 0.3) is 6.08 Å². The summed E-state index contributed by atoms with van der Waals surface area (Å²) in [5.41, 5.74) is 1.94. The highest BCUT2D eigenvalue weighted by Gasteiger charge is 2.37. The van der Waals surface area contributed by atoms with Gasteiger partial charge in [-0.1, -0.05) is 41.1 Å². The summed E-state index contributed by atoms with van der Waals surface area (Å²) in [7, 11) is 1.50. The monoisotopic (exact) mass is 564 g/mol. The zero-order valence-electron chi connectivity index (χ0n) is 21.7. The predicted octanol–water partition coefficient (Wildman–Crippen LogP) is 3.45. The third-order valence-corrected chi connectivity index (χ3v) is 7.74. The number of methoxy groups -OCH3 is 1. The maximum atomic E-state index is 13.9. The number of hydrazone groups is 1.